The lowest BCUT2D eigenvalue weighted by atomic mass is 10.1. The Morgan fingerprint density at radius 2 is 2.37 bits per heavy atom. The molecule has 4 nitrogen and oxygen atoms in total. The summed E-state index contributed by atoms with van der Waals surface area (Å²) in [5, 5.41) is 0. The van der Waals surface area contributed by atoms with E-state index in [0.717, 1.165) is 16.6 Å². The van der Waals surface area contributed by atoms with Crippen molar-refractivity contribution in [2.75, 3.05) is 26.7 Å². The van der Waals surface area contributed by atoms with Gasteiger partial charge in [-0.3, -0.25) is 9.69 Å². The van der Waals surface area contributed by atoms with Gasteiger partial charge in [-0.1, -0.05) is 15.9 Å². The molecule has 5 heteroatoms. The Kier molecular flexibility index (Phi) is 4.82. The second-order valence-electron chi connectivity index (χ2n) is 4.70. The number of fused-ring (bicyclic) bond motifs is 1. The molecule has 19 heavy (non-hydrogen) atoms. The van der Waals surface area contributed by atoms with Gasteiger partial charge in [-0.15, -0.1) is 0 Å². The molecule has 1 aliphatic rings. The van der Waals surface area contributed by atoms with E-state index < -0.39 is 0 Å². The molecule has 2 rings (SSSR count). The van der Waals surface area contributed by atoms with Crippen molar-refractivity contribution in [3.63, 3.8) is 0 Å². The third-order valence-electron chi connectivity index (χ3n) is 2.98. The minimum Gasteiger partial charge on any atom is -0.488 e. The molecule has 0 radical (unpaired) electrons. The van der Waals surface area contributed by atoms with E-state index in [2.05, 4.69) is 22.0 Å². The van der Waals surface area contributed by atoms with Crippen LogP contribution in [0.4, 0.5) is 0 Å². The topological polar surface area (TPSA) is 38.8 Å². The Morgan fingerprint density at radius 3 is 3.11 bits per heavy atom. The normalized spacial score (nSPS) is 17.2. The maximum atomic E-state index is 11.4. The van der Waals surface area contributed by atoms with E-state index in [4.69, 9.17) is 9.47 Å². The number of likely N-dealkylation sites (N-methyl/N-ethyl adjacent to an activating group) is 1. The van der Waals surface area contributed by atoms with Crippen molar-refractivity contribution in [2.45, 2.75) is 19.4 Å². The first-order valence-electron chi connectivity index (χ1n) is 6.37. The second-order valence-corrected chi connectivity index (χ2v) is 5.61. The number of carbonyl (C=O) groups is 1. The largest absolute Gasteiger partial charge is 0.488 e. The molecule has 1 atom stereocenters. The van der Waals surface area contributed by atoms with Gasteiger partial charge in [0.2, 0.25) is 0 Å². The average Bonchev–Trinajstić information content (AvgIpc) is 2.70. The number of benzene rings is 1. The third-order valence-corrected chi connectivity index (χ3v) is 3.48. The van der Waals surface area contributed by atoms with Gasteiger partial charge in [-0.25, -0.2) is 0 Å². The highest BCUT2D eigenvalue weighted by molar-refractivity contribution is 9.10. The maximum Gasteiger partial charge on any atom is 0.320 e. The number of nitrogens with zero attached hydrogens (tertiary/aromatic N) is 1. The zero-order chi connectivity index (χ0) is 13.8. The summed E-state index contributed by atoms with van der Waals surface area (Å²) in [6.45, 7) is 3.25. The van der Waals surface area contributed by atoms with Crippen LogP contribution >= 0.6 is 15.9 Å². The maximum absolute atomic E-state index is 11.4. The molecule has 0 aromatic heterocycles. The number of hydrogen-bond acceptors (Lipinski definition) is 4. The lowest BCUT2D eigenvalue weighted by Crippen LogP contribution is -2.36. The van der Waals surface area contributed by atoms with Gasteiger partial charge in [0.1, 0.15) is 11.9 Å². The molecule has 1 aromatic carbocycles. The van der Waals surface area contributed by atoms with Gasteiger partial charge in [-0.2, -0.15) is 0 Å². The number of rotatable bonds is 5. The summed E-state index contributed by atoms with van der Waals surface area (Å²) in [7, 11) is 1.90. The second kappa shape index (κ2) is 6.39. The Labute approximate surface area is 121 Å². The van der Waals surface area contributed by atoms with Crippen LogP contribution in [-0.4, -0.2) is 43.7 Å². The smallest absolute Gasteiger partial charge is 0.320 e. The molecule has 1 heterocycles. The van der Waals surface area contributed by atoms with Crippen molar-refractivity contribution < 1.29 is 14.3 Å². The quantitative estimate of drug-likeness (QED) is 0.777. The van der Waals surface area contributed by atoms with Gasteiger partial charge in [0.05, 0.1) is 13.2 Å². The first-order valence-corrected chi connectivity index (χ1v) is 7.17. The summed E-state index contributed by atoms with van der Waals surface area (Å²) < 4.78 is 11.9. The molecule has 0 aliphatic carbocycles. The van der Waals surface area contributed by atoms with Crippen LogP contribution < -0.4 is 4.74 Å². The molecular formula is C14H18BrNO3. The molecule has 0 N–H and O–H groups in total. The summed E-state index contributed by atoms with van der Waals surface area (Å²) in [6, 6.07) is 6.04. The van der Waals surface area contributed by atoms with Gasteiger partial charge < -0.3 is 9.47 Å². The third kappa shape index (κ3) is 3.94. The fraction of sp³-hybridized carbons (Fsp3) is 0.500. The van der Waals surface area contributed by atoms with Crippen molar-refractivity contribution in [3.05, 3.63) is 28.2 Å². The van der Waals surface area contributed by atoms with Gasteiger partial charge in [-0.05, 0) is 37.7 Å². The fourth-order valence-electron chi connectivity index (χ4n) is 2.23. The van der Waals surface area contributed by atoms with Crippen molar-refractivity contribution in [1.82, 2.24) is 4.90 Å². The van der Waals surface area contributed by atoms with Gasteiger partial charge in [0, 0.05) is 17.4 Å². The fourth-order valence-corrected chi connectivity index (χ4v) is 2.64. The van der Waals surface area contributed by atoms with Crippen LogP contribution in [0.3, 0.4) is 0 Å². The molecule has 0 amide bonds. The van der Waals surface area contributed by atoms with Crippen molar-refractivity contribution in [3.8, 4) is 5.75 Å². The molecule has 0 saturated carbocycles. The molecule has 0 spiro atoms. The van der Waals surface area contributed by atoms with Crippen LogP contribution in [0.15, 0.2) is 22.7 Å². The monoisotopic (exact) mass is 327 g/mol. The molecule has 0 saturated heterocycles. The van der Waals surface area contributed by atoms with Crippen molar-refractivity contribution >= 4 is 21.9 Å². The highest BCUT2D eigenvalue weighted by atomic mass is 79.9. The van der Waals surface area contributed by atoms with E-state index in [1.807, 2.05) is 31.0 Å². The summed E-state index contributed by atoms with van der Waals surface area (Å²) in [5.74, 6) is 0.751. The van der Waals surface area contributed by atoms with Crippen LogP contribution in [0.1, 0.15) is 12.5 Å². The molecule has 0 fully saturated rings. The minimum atomic E-state index is -0.191. The predicted molar refractivity (Wildman–Crippen MR) is 76.4 cm³/mol. The lowest BCUT2D eigenvalue weighted by Gasteiger charge is -2.19. The zero-order valence-electron chi connectivity index (χ0n) is 11.2. The summed E-state index contributed by atoms with van der Waals surface area (Å²) in [5.41, 5.74) is 1.21. The Hall–Kier alpha value is -1.07. The Morgan fingerprint density at radius 1 is 1.58 bits per heavy atom. The zero-order valence-corrected chi connectivity index (χ0v) is 12.8. The van der Waals surface area contributed by atoms with E-state index in [1.165, 1.54) is 5.56 Å². The molecule has 0 bridgehead atoms. The van der Waals surface area contributed by atoms with Crippen molar-refractivity contribution in [1.29, 1.82) is 0 Å². The number of hydrogen-bond donors (Lipinski definition) is 0. The van der Waals surface area contributed by atoms with Gasteiger partial charge in [0.25, 0.3) is 0 Å². The highest BCUT2D eigenvalue weighted by Crippen LogP contribution is 2.31. The van der Waals surface area contributed by atoms with E-state index in [-0.39, 0.29) is 12.1 Å². The first-order chi connectivity index (χ1) is 9.08. The van der Waals surface area contributed by atoms with Crippen molar-refractivity contribution in [2.24, 2.45) is 0 Å². The van der Waals surface area contributed by atoms with E-state index in [1.54, 1.807) is 0 Å². The summed E-state index contributed by atoms with van der Waals surface area (Å²) in [4.78, 5) is 13.3. The summed E-state index contributed by atoms with van der Waals surface area (Å²) in [6.07, 6.45) is 0.978. The van der Waals surface area contributed by atoms with E-state index in [9.17, 15) is 4.79 Å². The average molecular weight is 328 g/mol. The number of esters is 1. The van der Waals surface area contributed by atoms with Gasteiger partial charge in [0.15, 0.2) is 0 Å². The minimum absolute atomic E-state index is 0.101. The SMILES string of the molecule is CCOC(=O)CN(C)CC1Cc2cc(Br)ccc2O1. The van der Waals surface area contributed by atoms with Crippen LogP contribution in [0.2, 0.25) is 0 Å². The number of ether oxygens (including phenoxy) is 2. The van der Waals surface area contributed by atoms with Crippen LogP contribution in [-0.2, 0) is 16.0 Å². The number of carbonyl (C=O) groups excluding carboxylic acids is 1. The van der Waals surface area contributed by atoms with Gasteiger partial charge >= 0.3 is 5.97 Å². The Balaban J connectivity index is 1.84. The first kappa shape index (κ1) is 14.3. The molecule has 1 unspecified atom stereocenters. The standard InChI is InChI=1S/C14H18BrNO3/c1-3-18-14(17)9-16(2)8-12-7-10-6-11(15)4-5-13(10)19-12/h4-6,12H,3,7-9H2,1-2H3. The van der Waals surface area contributed by atoms with Crippen LogP contribution in [0.5, 0.6) is 5.75 Å². The molecule has 104 valence electrons. The molecule has 1 aliphatic heterocycles. The van der Waals surface area contributed by atoms with Crippen LogP contribution in [0.25, 0.3) is 0 Å². The van der Waals surface area contributed by atoms with E-state index >= 15 is 0 Å². The predicted octanol–water partition coefficient (Wildman–Crippen LogP) is 2.25. The van der Waals surface area contributed by atoms with E-state index in [0.29, 0.717) is 19.7 Å². The summed E-state index contributed by atoms with van der Waals surface area (Å²) >= 11 is 3.46. The molecular weight excluding hydrogens is 310 g/mol. The Bertz CT molecular complexity index is 464. The van der Waals surface area contributed by atoms with Crippen LogP contribution in [0, 0.1) is 0 Å². The molecule has 1 aromatic rings. The number of halogens is 1. The lowest BCUT2D eigenvalue weighted by molar-refractivity contribution is -0.144. The highest BCUT2D eigenvalue weighted by Gasteiger charge is 2.24.